The van der Waals surface area contributed by atoms with Crippen LogP contribution in [-0.2, 0) is 11.2 Å². The summed E-state index contributed by atoms with van der Waals surface area (Å²) in [5.74, 6) is -0.764. The third-order valence-corrected chi connectivity index (χ3v) is 4.04. The maximum absolute atomic E-state index is 12.1. The Hall–Kier alpha value is -2.27. The SMILES string of the molecule is CCc1ccc(-c2ccc(C(=O)N[C@@H](CS)C(N)=O)cc2)cc1. The van der Waals surface area contributed by atoms with Gasteiger partial charge in [0.05, 0.1) is 0 Å². The number of benzene rings is 2. The molecular weight excluding hydrogens is 308 g/mol. The molecule has 120 valence electrons. The van der Waals surface area contributed by atoms with E-state index in [1.54, 1.807) is 12.1 Å². The number of nitrogens with one attached hydrogen (secondary N) is 1. The van der Waals surface area contributed by atoms with Crippen LogP contribution in [0.3, 0.4) is 0 Å². The molecule has 0 unspecified atom stereocenters. The second kappa shape index (κ2) is 7.83. The van der Waals surface area contributed by atoms with Crippen LogP contribution in [0.4, 0.5) is 0 Å². The average Bonchev–Trinajstić information content (AvgIpc) is 2.59. The van der Waals surface area contributed by atoms with Crippen molar-refractivity contribution in [1.82, 2.24) is 5.32 Å². The normalized spacial score (nSPS) is 11.7. The number of primary amides is 1. The number of hydrogen-bond donors (Lipinski definition) is 3. The van der Waals surface area contributed by atoms with Crippen molar-refractivity contribution in [2.75, 3.05) is 5.75 Å². The standard InChI is InChI=1S/C18H20N2O2S/c1-2-12-3-5-13(6-4-12)14-7-9-15(10-8-14)18(22)20-16(11-23)17(19)21/h3-10,16,23H,2,11H2,1H3,(H2,19,21)(H,20,22)/t16-/m0/s1. The zero-order valence-electron chi connectivity index (χ0n) is 13.0. The van der Waals surface area contributed by atoms with Crippen LogP contribution in [0.25, 0.3) is 11.1 Å². The van der Waals surface area contributed by atoms with E-state index in [0.717, 1.165) is 17.5 Å². The molecule has 2 aromatic carbocycles. The first-order chi connectivity index (χ1) is 11.0. The smallest absolute Gasteiger partial charge is 0.251 e. The van der Waals surface area contributed by atoms with Crippen molar-refractivity contribution >= 4 is 24.4 Å². The molecule has 23 heavy (non-hydrogen) atoms. The summed E-state index contributed by atoms with van der Waals surface area (Å²) >= 11 is 4.01. The Morgan fingerprint density at radius 3 is 2.00 bits per heavy atom. The Balaban J connectivity index is 2.12. The second-order valence-corrected chi connectivity index (χ2v) is 5.60. The fourth-order valence-corrected chi connectivity index (χ4v) is 2.47. The molecule has 0 saturated heterocycles. The van der Waals surface area contributed by atoms with Gasteiger partial charge in [-0.2, -0.15) is 12.6 Å². The molecule has 0 spiro atoms. The van der Waals surface area contributed by atoms with Gasteiger partial charge in [0.2, 0.25) is 5.91 Å². The quantitative estimate of drug-likeness (QED) is 0.713. The van der Waals surface area contributed by atoms with Crippen LogP contribution in [0.15, 0.2) is 48.5 Å². The van der Waals surface area contributed by atoms with Crippen molar-refractivity contribution in [2.45, 2.75) is 19.4 Å². The van der Waals surface area contributed by atoms with Crippen LogP contribution in [0, 0.1) is 0 Å². The topological polar surface area (TPSA) is 72.2 Å². The molecule has 5 heteroatoms. The number of aryl methyl sites for hydroxylation is 1. The van der Waals surface area contributed by atoms with Crippen LogP contribution < -0.4 is 11.1 Å². The Bertz CT molecular complexity index is 681. The Morgan fingerprint density at radius 1 is 1.04 bits per heavy atom. The summed E-state index contributed by atoms with van der Waals surface area (Å²) in [7, 11) is 0. The number of thiol groups is 1. The van der Waals surface area contributed by atoms with Gasteiger partial charge in [0.1, 0.15) is 6.04 Å². The van der Waals surface area contributed by atoms with E-state index < -0.39 is 11.9 Å². The van der Waals surface area contributed by atoms with Gasteiger partial charge >= 0.3 is 0 Å². The molecule has 2 aromatic rings. The number of carbonyl (C=O) groups is 2. The van der Waals surface area contributed by atoms with Crippen LogP contribution >= 0.6 is 12.6 Å². The lowest BCUT2D eigenvalue weighted by molar-refractivity contribution is -0.119. The van der Waals surface area contributed by atoms with Gasteiger partial charge in [0, 0.05) is 11.3 Å². The molecule has 0 saturated carbocycles. The lowest BCUT2D eigenvalue weighted by atomic mass is 10.0. The molecule has 0 aliphatic rings. The van der Waals surface area contributed by atoms with Crippen LogP contribution in [0.2, 0.25) is 0 Å². The summed E-state index contributed by atoms with van der Waals surface area (Å²) in [5, 5.41) is 2.57. The molecule has 2 rings (SSSR count). The Labute approximate surface area is 141 Å². The van der Waals surface area contributed by atoms with Gasteiger partial charge in [-0.15, -0.1) is 0 Å². The molecule has 0 fully saturated rings. The van der Waals surface area contributed by atoms with E-state index in [1.165, 1.54) is 5.56 Å². The van der Waals surface area contributed by atoms with E-state index >= 15 is 0 Å². The van der Waals surface area contributed by atoms with Gasteiger partial charge < -0.3 is 11.1 Å². The van der Waals surface area contributed by atoms with Gasteiger partial charge in [0.25, 0.3) is 5.91 Å². The van der Waals surface area contributed by atoms with Crippen LogP contribution in [0.5, 0.6) is 0 Å². The Kier molecular flexibility index (Phi) is 5.82. The first kappa shape index (κ1) is 17.1. The average molecular weight is 328 g/mol. The molecule has 0 aliphatic carbocycles. The first-order valence-electron chi connectivity index (χ1n) is 7.45. The monoisotopic (exact) mass is 328 g/mol. The lowest BCUT2D eigenvalue weighted by Gasteiger charge is -2.13. The van der Waals surface area contributed by atoms with Crippen molar-refractivity contribution in [3.63, 3.8) is 0 Å². The highest BCUT2D eigenvalue weighted by Gasteiger charge is 2.17. The molecule has 0 aromatic heterocycles. The van der Waals surface area contributed by atoms with Crippen molar-refractivity contribution in [1.29, 1.82) is 0 Å². The predicted octanol–water partition coefficient (Wildman–Crippen LogP) is 2.43. The molecule has 0 heterocycles. The minimum Gasteiger partial charge on any atom is -0.368 e. The zero-order valence-corrected chi connectivity index (χ0v) is 13.8. The maximum Gasteiger partial charge on any atom is 0.251 e. The van der Waals surface area contributed by atoms with E-state index in [2.05, 4.69) is 49.1 Å². The molecule has 4 nitrogen and oxygen atoms in total. The van der Waals surface area contributed by atoms with E-state index in [9.17, 15) is 9.59 Å². The highest BCUT2D eigenvalue weighted by molar-refractivity contribution is 7.80. The van der Waals surface area contributed by atoms with Gasteiger partial charge in [0.15, 0.2) is 0 Å². The highest BCUT2D eigenvalue weighted by Crippen LogP contribution is 2.20. The maximum atomic E-state index is 12.1. The van der Waals surface area contributed by atoms with Gasteiger partial charge in [-0.05, 0) is 35.2 Å². The molecule has 0 radical (unpaired) electrons. The third kappa shape index (κ3) is 4.36. The fourth-order valence-electron chi connectivity index (χ4n) is 2.20. The molecular formula is C18H20N2O2S. The summed E-state index contributed by atoms with van der Waals surface area (Å²) in [6, 6.07) is 14.8. The molecule has 1 atom stereocenters. The summed E-state index contributed by atoms with van der Waals surface area (Å²) in [6.07, 6.45) is 1.01. The number of hydrogen-bond acceptors (Lipinski definition) is 3. The highest BCUT2D eigenvalue weighted by atomic mass is 32.1. The molecule has 0 bridgehead atoms. The van der Waals surface area contributed by atoms with Crippen LogP contribution in [-0.4, -0.2) is 23.6 Å². The van der Waals surface area contributed by atoms with E-state index in [4.69, 9.17) is 5.73 Å². The number of amides is 2. The fraction of sp³-hybridized carbons (Fsp3) is 0.222. The number of nitrogens with two attached hydrogens (primary N) is 1. The van der Waals surface area contributed by atoms with Gasteiger partial charge in [-0.3, -0.25) is 9.59 Å². The Morgan fingerprint density at radius 2 is 1.57 bits per heavy atom. The summed E-state index contributed by atoms with van der Waals surface area (Å²) < 4.78 is 0. The molecule has 2 amide bonds. The zero-order chi connectivity index (χ0) is 16.8. The number of carbonyl (C=O) groups excluding carboxylic acids is 2. The van der Waals surface area contributed by atoms with Crippen molar-refractivity contribution in [3.8, 4) is 11.1 Å². The minimum atomic E-state index is -0.771. The van der Waals surface area contributed by atoms with E-state index in [-0.39, 0.29) is 11.7 Å². The van der Waals surface area contributed by atoms with Gasteiger partial charge in [-0.1, -0.05) is 43.3 Å². The second-order valence-electron chi connectivity index (χ2n) is 5.24. The summed E-state index contributed by atoms with van der Waals surface area (Å²) in [4.78, 5) is 23.2. The predicted molar refractivity (Wildman–Crippen MR) is 95.6 cm³/mol. The molecule has 3 N–H and O–H groups in total. The third-order valence-electron chi connectivity index (χ3n) is 3.67. The number of rotatable bonds is 6. The van der Waals surface area contributed by atoms with Gasteiger partial charge in [-0.25, -0.2) is 0 Å². The largest absolute Gasteiger partial charge is 0.368 e. The van der Waals surface area contributed by atoms with Crippen molar-refractivity contribution in [2.24, 2.45) is 5.73 Å². The summed E-state index contributed by atoms with van der Waals surface area (Å²) in [6.45, 7) is 2.12. The van der Waals surface area contributed by atoms with E-state index in [0.29, 0.717) is 5.56 Å². The van der Waals surface area contributed by atoms with E-state index in [1.807, 2.05) is 12.1 Å². The van der Waals surface area contributed by atoms with Crippen molar-refractivity contribution in [3.05, 3.63) is 59.7 Å². The lowest BCUT2D eigenvalue weighted by Crippen LogP contribution is -2.45. The molecule has 0 aliphatic heterocycles. The van der Waals surface area contributed by atoms with Crippen LogP contribution in [0.1, 0.15) is 22.8 Å². The summed E-state index contributed by atoms with van der Waals surface area (Å²) in [5.41, 5.74) is 9.09. The van der Waals surface area contributed by atoms with Crippen molar-refractivity contribution < 1.29 is 9.59 Å². The first-order valence-corrected chi connectivity index (χ1v) is 8.08. The minimum absolute atomic E-state index is 0.170.